The van der Waals surface area contributed by atoms with Gasteiger partial charge in [0, 0.05) is 31.1 Å². The molecule has 2 fully saturated rings. The third-order valence-electron chi connectivity index (χ3n) is 8.44. The molecule has 3 atom stereocenters. The van der Waals surface area contributed by atoms with E-state index in [2.05, 4.69) is 15.4 Å². The lowest BCUT2D eigenvalue weighted by Gasteiger charge is -2.19. The molecule has 7 rings (SSSR count). The summed E-state index contributed by atoms with van der Waals surface area (Å²) in [7, 11) is 0. The first-order chi connectivity index (χ1) is 21.5. The number of aliphatic hydroxyl groups excluding tert-OH is 1. The second kappa shape index (κ2) is 10.4. The summed E-state index contributed by atoms with van der Waals surface area (Å²) < 4.78 is 34.7. The van der Waals surface area contributed by atoms with E-state index in [0.717, 1.165) is 22.6 Å². The van der Waals surface area contributed by atoms with Gasteiger partial charge in [0.25, 0.3) is 5.91 Å². The van der Waals surface area contributed by atoms with Crippen LogP contribution in [0.25, 0.3) is 5.69 Å². The van der Waals surface area contributed by atoms with Gasteiger partial charge in [0.1, 0.15) is 11.9 Å². The van der Waals surface area contributed by atoms with Crippen LogP contribution < -0.4 is 20.7 Å². The summed E-state index contributed by atoms with van der Waals surface area (Å²) in [5.74, 6) is -2.97. The highest BCUT2D eigenvalue weighted by atomic mass is 19.1. The number of nitrogens with zero attached hydrogens (tertiary/aromatic N) is 5. The summed E-state index contributed by atoms with van der Waals surface area (Å²) in [5.41, 5.74) is 10.2. The zero-order valence-electron chi connectivity index (χ0n) is 24.1. The van der Waals surface area contributed by atoms with Crippen molar-refractivity contribution >= 4 is 34.9 Å². The van der Waals surface area contributed by atoms with E-state index in [1.807, 2.05) is 6.07 Å². The Morgan fingerprint density at radius 2 is 1.82 bits per heavy atom. The lowest BCUT2D eigenvalue weighted by atomic mass is 10.0. The molecule has 3 aliphatic rings. The molecule has 12 nitrogen and oxygen atoms in total. The normalized spacial score (nSPS) is 20.4. The number of aliphatic hydroxyl groups is 1. The molecule has 2 aromatic heterocycles. The number of Topliss-reactive ketones (excluding diaryl/α,β-unsaturated/α-hetero) is 1. The highest BCUT2D eigenvalue weighted by Crippen LogP contribution is 2.39. The van der Waals surface area contributed by atoms with Crippen molar-refractivity contribution in [3.63, 3.8) is 0 Å². The van der Waals surface area contributed by atoms with Gasteiger partial charge in [0.05, 0.1) is 41.5 Å². The maximum atomic E-state index is 14.0. The number of ether oxygens (including phenoxy) is 1. The van der Waals surface area contributed by atoms with E-state index >= 15 is 0 Å². The van der Waals surface area contributed by atoms with Gasteiger partial charge in [-0.3, -0.25) is 9.59 Å². The molecule has 4 aromatic rings. The topological polar surface area (TPSA) is 156 Å². The van der Waals surface area contributed by atoms with Gasteiger partial charge < -0.3 is 25.8 Å². The smallest absolute Gasteiger partial charge is 0.332 e. The molecular weight excluding hydrogens is 588 g/mol. The third kappa shape index (κ3) is 4.56. The van der Waals surface area contributed by atoms with Gasteiger partial charge in [-0.25, -0.2) is 28.1 Å². The average Bonchev–Trinajstić information content (AvgIpc) is 3.74. The van der Waals surface area contributed by atoms with Crippen molar-refractivity contribution in [1.29, 1.82) is 0 Å². The second-order valence-corrected chi connectivity index (χ2v) is 11.4. The SMILES string of the molecule is Cc1cc2c(cc1N1C(=O)C3C[C@@H](O)CN3C1=O)NC(C(=O)c1cnn(-c3cnc(Oc4c(F)cccc4F)cc3C)c1N)C2. The van der Waals surface area contributed by atoms with Crippen LogP contribution in [0.1, 0.15) is 33.5 Å². The molecule has 45 heavy (non-hydrogen) atoms. The number of carbonyl (C=O) groups is 3. The summed E-state index contributed by atoms with van der Waals surface area (Å²) in [5, 5.41) is 17.4. The van der Waals surface area contributed by atoms with E-state index < -0.39 is 41.6 Å². The van der Waals surface area contributed by atoms with Gasteiger partial charge in [-0.2, -0.15) is 5.10 Å². The van der Waals surface area contributed by atoms with Crippen LogP contribution in [0.2, 0.25) is 0 Å². The maximum absolute atomic E-state index is 14.0. The van der Waals surface area contributed by atoms with Crippen molar-refractivity contribution in [3.05, 3.63) is 82.7 Å². The Morgan fingerprint density at radius 3 is 2.53 bits per heavy atom. The summed E-state index contributed by atoms with van der Waals surface area (Å²) in [6, 6.07) is 6.57. The number of halogens is 2. The van der Waals surface area contributed by atoms with Gasteiger partial charge in [0.15, 0.2) is 17.4 Å². The summed E-state index contributed by atoms with van der Waals surface area (Å²) in [6.07, 6.45) is 2.57. The van der Waals surface area contributed by atoms with E-state index in [4.69, 9.17) is 10.5 Å². The zero-order chi connectivity index (χ0) is 31.7. The number of hydrogen-bond acceptors (Lipinski definition) is 9. The number of aryl methyl sites for hydroxylation is 2. The highest BCUT2D eigenvalue weighted by molar-refractivity contribution is 6.22. The Kier molecular flexibility index (Phi) is 6.55. The van der Waals surface area contributed by atoms with Crippen molar-refractivity contribution in [1.82, 2.24) is 19.7 Å². The Bertz CT molecular complexity index is 1880. The van der Waals surface area contributed by atoms with Crippen LogP contribution in [0.3, 0.4) is 0 Å². The molecule has 2 aromatic carbocycles. The number of pyridine rings is 1. The number of benzene rings is 2. The van der Waals surface area contributed by atoms with Gasteiger partial charge in [-0.1, -0.05) is 12.1 Å². The van der Waals surface area contributed by atoms with Crippen molar-refractivity contribution in [2.75, 3.05) is 22.5 Å². The van der Waals surface area contributed by atoms with Gasteiger partial charge in [0.2, 0.25) is 11.6 Å². The first-order valence-electron chi connectivity index (χ1n) is 14.2. The molecule has 0 spiro atoms. The summed E-state index contributed by atoms with van der Waals surface area (Å²) >= 11 is 0. The van der Waals surface area contributed by atoms with Crippen LogP contribution in [0.15, 0.2) is 48.8 Å². The molecule has 0 aliphatic carbocycles. The van der Waals surface area contributed by atoms with E-state index in [0.29, 0.717) is 34.6 Å². The lowest BCUT2D eigenvalue weighted by molar-refractivity contribution is -0.119. The molecular formula is C31H27F2N7O5. The van der Waals surface area contributed by atoms with Crippen molar-refractivity contribution in [2.45, 2.75) is 44.9 Å². The molecule has 3 aliphatic heterocycles. The third-order valence-corrected chi connectivity index (χ3v) is 8.44. The monoisotopic (exact) mass is 615 g/mol. The van der Waals surface area contributed by atoms with Crippen molar-refractivity contribution in [3.8, 4) is 17.3 Å². The summed E-state index contributed by atoms with van der Waals surface area (Å²) in [4.78, 5) is 46.4. The fourth-order valence-corrected chi connectivity index (χ4v) is 6.18. The number of nitrogens with one attached hydrogen (secondary N) is 1. The van der Waals surface area contributed by atoms with Crippen LogP contribution in [0.4, 0.5) is 30.8 Å². The average molecular weight is 616 g/mol. The van der Waals surface area contributed by atoms with E-state index in [-0.39, 0.29) is 41.9 Å². The number of rotatable bonds is 6. The highest BCUT2D eigenvalue weighted by Gasteiger charge is 2.51. The van der Waals surface area contributed by atoms with Crippen molar-refractivity contribution < 1.29 is 33.0 Å². The number of imide groups is 1. The van der Waals surface area contributed by atoms with E-state index in [1.54, 1.807) is 19.9 Å². The predicted molar refractivity (Wildman–Crippen MR) is 158 cm³/mol. The standard InChI is InChI=1S/C31H27F2N7O5/c1-14-6-16-8-22(37-21(16)10-23(14)39-30(43)24-9-17(41)13-38(24)31(39)44)27(42)18-11-36-40(29(18)34)25-12-35-26(7-15(25)2)45-28-19(32)4-3-5-20(28)33/h3-7,10-12,17,22,24,37,41H,8-9,13,34H2,1-2H3/t17-,22?,24?/m1/s1. The van der Waals surface area contributed by atoms with Crippen LogP contribution in [0.5, 0.6) is 11.6 Å². The Balaban J connectivity index is 1.10. The fraction of sp³-hybridized carbons (Fsp3) is 0.258. The van der Waals surface area contributed by atoms with Gasteiger partial charge in [-0.15, -0.1) is 0 Å². The van der Waals surface area contributed by atoms with Crippen LogP contribution in [0, 0.1) is 25.5 Å². The number of anilines is 3. The number of amides is 3. The van der Waals surface area contributed by atoms with E-state index in [1.165, 1.54) is 34.1 Å². The molecule has 3 amide bonds. The Hall–Kier alpha value is -5.37. The molecule has 5 heterocycles. The minimum atomic E-state index is -0.869. The lowest BCUT2D eigenvalue weighted by Crippen LogP contribution is -2.35. The number of aromatic nitrogens is 3. The number of para-hydroxylation sites is 1. The number of hydrogen-bond donors (Lipinski definition) is 3. The Labute approximate surface area is 255 Å². The van der Waals surface area contributed by atoms with Gasteiger partial charge >= 0.3 is 6.03 Å². The van der Waals surface area contributed by atoms with E-state index in [9.17, 15) is 28.3 Å². The van der Waals surface area contributed by atoms with Crippen LogP contribution >= 0.6 is 0 Å². The molecule has 4 N–H and O–H groups in total. The minimum Gasteiger partial charge on any atom is -0.433 e. The number of carbonyl (C=O) groups excluding carboxylic acids is 3. The summed E-state index contributed by atoms with van der Waals surface area (Å²) in [6.45, 7) is 3.62. The maximum Gasteiger partial charge on any atom is 0.332 e. The number of ketones is 1. The molecule has 230 valence electrons. The number of fused-ring (bicyclic) bond motifs is 2. The van der Waals surface area contributed by atoms with Gasteiger partial charge in [-0.05, 0) is 48.7 Å². The zero-order valence-corrected chi connectivity index (χ0v) is 24.1. The fourth-order valence-electron chi connectivity index (χ4n) is 6.18. The predicted octanol–water partition coefficient (Wildman–Crippen LogP) is 3.66. The molecule has 0 saturated carbocycles. The quantitative estimate of drug-likeness (QED) is 0.218. The van der Waals surface area contributed by atoms with Crippen LogP contribution in [-0.2, 0) is 11.2 Å². The van der Waals surface area contributed by atoms with Crippen LogP contribution in [-0.4, -0.2) is 67.2 Å². The largest absolute Gasteiger partial charge is 0.433 e. The Morgan fingerprint density at radius 1 is 1.09 bits per heavy atom. The first-order valence-corrected chi connectivity index (χ1v) is 14.2. The molecule has 14 heteroatoms. The number of nitrogens with two attached hydrogens (primary N) is 1. The molecule has 0 radical (unpaired) electrons. The van der Waals surface area contributed by atoms with Crippen molar-refractivity contribution in [2.24, 2.45) is 0 Å². The number of urea groups is 1. The molecule has 2 unspecified atom stereocenters. The molecule has 0 bridgehead atoms. The first kappa shape index (κ1) is 28.4. The molecule has 2 saturated heterocycles. The second-order valence-electron chi connectivity index (χ2n) is 11.4. The number of nitrogen functional groups attached to an aromatic ring is 1. The minimum absolute atomic E-state index is 0.0415.